The number of halogens is 1. The molecule has 84 valence electrons. The molecule has 0 radical (unpaired) electrons. The maximum atomic E-state index is 5.85. The lowest BCUT2D eigenvalue weighted by atomic mass is 10.2. The Morgan fingerprint density at radius 2 is 2.12 bits per heavy atom. The van der Waals surface area contributed by atoms with E-state index in [1.165, 1.54) is 0 Å². The van der Waals surface area contributed by atoms with Crippen LogP contribution in [0.5, 0.6) is 5.75 Å². The third kappa shape index (κ3) is 2.02. The quantitative estimate of drug-likeness (QED) is 0.771. The van der Waals surface area contributed by atoms with Crippen molar-refractivity contribution in [1.82, 2.24) is 10.1 Å². The van der Waals surface area contributed by atoms with Gasteiger partial charge in [0, 0.05) is 0 Å². The number of aromatic nitrogens is 2. The molecule has 16 heavy (non-hydrogen) atoms. The van der Waals surface area contributed by atoms with Crippen LogP contribution >= 0.6 is 11.6 Å². The zero-order valence-electron chi connectivity index (χ0n) is 8.98. The van der Waals surface area contributed by atoms with Gasteiger partial charge in [-0.15, -0.1) is 11.6 Å². The summed E-state index contributed by atoms with van der Waals surface area (Å²) in [6, 6.07) is 7.48. The molecule has 0 aliphatic carbocycles. The first kappa shape index (κ1) is 11.0. The minimum absolute atomic E-state index is 0.295. The highest BCUT2D eigenvalue weighted by Gasteiger charge is 2.15. The van der Waals surface area contributed by atoms with E-state index in [1.807, 2.05) is 24.3 Å². The van der Waals surface area contributed by atoms with E-state index >= 15 is 0 Å². The van der Waals surface area contributed by atoms with E-state index < -0.39 is 0 Å². The molecule has 0 aliphatic heterocycles. The Morgan fingerprint density at radius 1 is 1.38 bits per heavy atom. The molecule has 1 atom stereocenters. The van der Waals surface area contributed by atoms with Crippen molar-refractivity contribution < 1.29 is 9.26 Å². The fourth-order valence-corrected chi connectivity index (χ4v) is 1.42. The van der Waals surface area contributed by atoms with Gasteiger partial charge in [0.1, 0.15) is 11.1 Å². The molecule has 0 spiro atoms. The van der Waals surface area contributed by atoms with Gasteiger partial charge in [-0.1, -0.05) is 17.3 Å². The van der Waals surface area contributed by atoms with Gasteiger partial charge in [-0.05, 0) is 19.1 Å². The Bertz CT molecular complexity index is 482. The minimum Gasteiger partial charge on any atom is -0.496 e. The second-order valence-corrected chi connectivity index (χ2v) is 3.93. The van der Waals surface area contributed by atoms with Gasteiger partial charge in [0.15, 0.2) is 0 Å². The topological polar surface area (TPSA) is 48.2 Å². The van der Waals surface area contributed by atoms with Crippen LogP contribution in [0.2, 0.25) is 0 Å². The maximum Gasteiger partial charge on any atom is 0.244 e. The summed E-state index contributed by atoms with van der Waals surface area (Å²) in [4.78, 5) is 4.20. The van der Waals surface area contributed by atoms with Crippen LogP contribution in [0.15, 0.2) is 28.8 Å². The molecule has 4 nitrogen and oxygen atoms in total. The molecule has 1 unspecified atom stereocenters. The molecule has 1 aromatic carbocycles. The van der Waals surface area contributed by atoms with Crippen LogP contribution < -0.4 is 4.74 Å². The number of methoxy groups -OCH3 is 1. The van der Waals surface area contributed by atoms with Crippen LogP contribution in [0.25, 0.3) is 11.4 Å². The third-order valence-corrected chi connectivity index (χ3v) is 2.32. The molecule has 0 saturated heterocycles. The predicted molar refractivity (Wildman–Crippen MR) is 60.6 cm³/mol. The summed E-state index contributed by atoms with van der Waals surface area (Å²) in [5, 5.41) is 3.57. The first-order valence-corrected chi connectivity index (χ1v) is 5.27. The summed E-state index contributed by atoms with van der Waals surface area (Å²) in [7, 11) is 1.60. The highest BCUT2D eigenvalue weighted by molar-refractivity contribution is 6.20. The molecule has 0 saturated carbocycles. The first-order valence-electron chi connectivity index (χ1n) is 4.83. The fraction of sp³-hybridized carbons (Fsp3) is 0.273. The van der Waals surface area contributed by atoms with Crippen molar-refractivity contribution >= 4 is 11.6 Å². The molecular weight excluding hydrogens is 228 g/mol. The van der Waals surface area contributed by atoms with Crippen molar-refractivity contribution in [2.45, 2.75) is 12.3 Å². The second kappa shape index (κ2) is 4.53. The fourth-order valence-electron chi connectivity index (χ4n) is 1.34. The zero-order valence-corrected chi connectivity index (χ0v) is 9.73. The van der Waals surface area contributed by atoms with Crippen LogP contribution in [-0.4, -0.2) is 17.3 Å². The lowest BCUT2D eigenvalue weighted by Crippen LogP contribution is -1.89. The molecule has 0 N–H and O–H groups in total. The van der Waals surface area contributed by atoms with Gasteiger partial charge < -0.3 is 9.26 Å². The summed E-state index contributed by atoms with van der Waals surface area (Å²) in [6.45, 7) is 1.78. The molecular formula is C11H11ClN2O2. The van der Waals surface area contributed by atoms with Crippen LogP contribution in [0, 0.1) is 0 Å². The maximum absolute atomic E-state index is 5.85. The standard InChI is InChI=1S/C11H11ClN2O2/c1-7(12)11-13-10(14-16-11)8-5-3-4-6-9(8)15-2/h3-7H,1-2H3. The lowest BCUT2D eigenvalue weighted by Gasteiger charge is -2.03. The smallest absolute Gasteiger partial charge is 0.244 e. The van der Waals surface area contributed by atoms with E-state index in [9.17, 15) is 0 Å². The van der Waals surface area contributed by atoms with Gasteiger partial charge >= 0.3 is 0 Å². The first-order chi connectivity index (χ1) is 7.72. The lowest BCUT2D eigenvalue weighted by molar-refractivity contribution is 0.378. The largest absolute Gasteiger partial charge is 0.496 e. The summed E-state index contributed by atoms with van der Waals surface area (Å²) < 4.78 is 10.2. The van der Waals surface area contributed by atoms with Crippen molar-refractivity contribution in [2.75, 3.05) is 7.11 Å². The Kier molecular flexibility index (Phi) is 3.10. The molecule has 0 aliphatic rings. The van der Waals surface area contributed by atoms with Gasteiger partial charge in [0.05, 0.1) is 12.7 Å². The molecule has 1 heterocycles. The average molecular weight is 239 g/mol. The summed E-state index contributed by atoms with van der Waals surface area (Å²) in [6.07, 6.45) is 0. The summed E-state index contributed by atoms with van der Waals surface area (Å²) in [5.74, 6) is 1.60. The van der Waals surface area contributed by atoms with Gasteiger partial charge in [-0.25, -0.2) is 0 Å². The van der Waals surface area contributed by atoms with E-state index in [4.69, 9.17) is 20.9 Å². The van der Waals surface area contributed by atoms with Crippen LogP contribution in [0.4, 0.5) is 0 Å². The highest BCUT2D eigenvalue weighted by atomic mass is 35.5. The number of benzene rings is 1. The number of para-hydroxylation sites is 1. The molecule has 0 amide bonds. The van der Waals surface area contributed by atoms with E-state index in [0.717, 1.165) is 5.56 Å². The van der Waals surface area contributed by atoms with Crippen molar-refractivity contribution in [3.63, 3.8) is 0 Å². The third-order valence-electron chi connectivity index (χ3n) is 2.13. The molecule has 2 aromatic rings. The Morgan fingerprint density at radius 3 is 2.75 bits per heavy atom. The SMILES string of the molecule is COc1ccccc1-c1noc(C(C)Cl)n1. The molecule has 0 bridgehead atoms. The van der Waals surface area contributed by atoms with Crippen LogP contribution in [0.3, 0.4) is 0 Å². The normalized spacial score (nSPS) is 12.4. The van der Waals surface area contributed by atoms with Gasteiger partial charge in [0.25, 0.3) is 0 Å². The van der Waals surface area contributed by atoms with Crippen molar-refractivity contribution in [2.24, 2.45) is 0 Å². The van der Waals surface area contributed by atoms with Crippen molar-refractivity contribution in [3.8, 4) is 17.1 Å². The number of rotatable bonds is 3. The highest BCUT2D eigenvalue weighted by Crippen LogP contribution is 2.28. The number of nitrogens with zero attached hydrogens (tertiary/aromatic N) is 2. The van der Waals surface area contributed by atoms with Crippen LogP contribution in [0.1, 0.15) is 18.2 Å². The number of alkyl halides is 1. The van der Waals surface area contributed by atoms with Crippen molar-refractivity contribution in [3.05, 3.63) is 30.2 Å². The molecule has 0 fully saturated rings. The van der Waals surface area contributed by atoms with E-state index in [1.54, 1.807) is 14.0 Å². The second-order valence-electron chi connectivity index (χ2n) is 3.27. The Balaban J connectivity index is 2.42. The molecule has 2 rings (SSSR count). The summed E-state index contributed by atoms with van der Waals surface area (Å²) >= 11 is 5.85. The van der Waals surface area contributed by atoms with E-state index in [-0.39, 0.29) is 5.38 Å². The van der Waals surface area contributed by atoms with E-state index in [2.05, 4.69) is 10.1 Å². The van der Waals surface area contributed by atoms with Gasteiger partial charge in [-0.3, -0.25) is 0 Å². The number of ether oxygens (including phenoxy) is 1. The Labute approximate surface area is 98.2 Å². The zero-order chi connectivity index (χ0) is 11.5. The Hall–Kier alpha value is -1.55. The average Bonchev–Trinajstić information content (AvgIpc) is 2.78. The van der Waals surface area contributed by atoms with E-state index in [0.29, 0.717) is 17.5 Å². The van der Waals surface area contributed by atoms with Gasteiger partial charge in [-0.2, -0.15) is 4.98 Å². The molecule has 1 aromatic heterocycles. The van der Waals surface area contributed by atoms with Gasteiger partial charge in [0.2, 0.25) is 11.7 Å². The number of hydrogen-bond donors (Lipinski definition) is 0. The van der Waals surface area contributed by atoms with Crippen LogP contribution in [-0.2, 0) is 0 Å². The predicted octanol–water partition coefficient (Wildman–Crippen LogP) is 3.05. The summed E-state index contributed by atoms with van der Waals surface area (Å²) in [5.41, 5.74) is 0.789. The van der Waals surface area contributed by atoms with Crippen molar-refractivity contribution in [1.29, 1.82) is 0 Å². The number of hydrogen-bond acceptors (Lipinski definition) is 4. The minimum atomic E-state index is -0.295. The molecule has 5 heteroatoms. The monoisotopic (exact) mass is 238 g/mol.